The Balaban J connectivity index is 2.21. The second-order valence-corrected chi connectivity index (χ2v) is 4.81. The number of aryl methyl sites for hydroxylation is 2. The first-order valence-electron chi connectivity index (χ1n) is 5.77. The van der Waals surface area contributed by atoms with Gasteiger partial charge in [0.2, 0.25) is 0 Å². The lowest BCUT2D eigenvalue weighted by molar-refractivity contribution is 0.0969. The normalized spacial score (nSPS) is 15.6. The third-order valence-electron chi connectivity index (χ3n) is 3.36. The standard InChI is InChI=1S/C14H15NO/c1-9-3-6-11-12(14(16)10-4-5-10)8-15(2)13(11)7-9/h3,6-8,10H,4-5H2,1-2H3. The van der Waals surface area contributed by atoms with Crippen molar-refractivity contribution in [3.8, 4) is 0 Å². The van der Waals surface area contributed by atoms with Crippen LogP contribution in [0, 0.1) is 12.8 Å². The number of rotatable bonds is 2. The SMILES string of the molecule is Cc1ccc2c(C(=O)C3CC3)cn(C)c2c1. The number of ketones is 1. The van der Waals surface area contributed by atoms with E-state index in [0.717, 1.165) is 29.3 Å². The molecule has 1 heterocycles. The number of nitrogens with zero attached hydrogens (tertiary/aromatic N) is 1. The van der Waals surface area contributed by atoms with E-state index in [-0.39, 0.29) is 0 Å². The first-order chi connectivity index (χ1) is 7.66. The largest absolute Gasteiger partial charge is 0.350 e. The molecule has 1 aliphatic carbocycles. The van der Waals surface area contributed by atoms with Gasteiger partial charge in [-0.25, -0.2) is 0 Å². The third-order valence-corrected chi connectivity index (χ3v) is 3.36. The van der Waals surface area contributed by atoms with Crippen molar-refractivity contribution in [1.29, 1.82) is 0 Å². The van der Waals surface area contributed by atoms with Crippen molar-refractivity contribution >= 4 is 16.7 Å². The maximum Gasteiger partial charge on any atom is 0.168 e. The first kappa shape index (κ1) is 9.64. The van der Waals surface area contributed by atoms with Crippen LogP contribution >= 0.6 is 0 Å². The molecule has 3 rings (SSSR count). The van der Waals surface area contributed by atoms with Gasteiger partial charge in [0.05, 0.1) is 0 Å². The highest BCUT2D eigenvalue weighted by atomic mass is 16.1. The summed E-state index contributed by atoms with van der Waals surface area (Å²) in [5.41, 5.74) is 3.29. The van der Waals surface area contributed by atoms with Gasteiger partial charge in [-0.3, -0.25) is 4.79 Å². The van der Waals surface area contributed by atoms with Crippen molar-refractivity contribution in [1.82, 2.24) is 4.57 Å². The summed E-state index contributed by atoms with van der Waals surface area (Å²) < 4.78 is 2.05. The average molecular weight is 213 g/mol. The van der Waals surface area contributed by atoms with Crippen LogP contribution in [0.4, 0.5) is 0 Å². The van der Waals surface area contributed by atoms with Crippen molar-refractivity contribution in [2.75, 3.05) is 0 Å². The molecule has 0 unspecified atom stereocenters. The minimum absolute atomic E-state index is 0.298. The molecule has 0 saturated heterocycles. The maximum absolute atomic E-state index is 12.1. The highest BCUT2D eigenvalue weighted by Crippen LogP contribution is 2.35. The molecule has 82 valence electrons. The summed E-state index contributed by atoms with van der Waals surface area (Å²) in [5, 5.41) is 1.10. The molecule has 1 saturated carbocycles. The Morgan fingerprint density at radius 3 is 2.81 bits per heavy atom. The van der Waals surface area contributed by atoms with E-state index in [1.54, 1.807) is 0 Å². The minimum Gasteiger partial charge on any atom is -0.350 e. The minimum atomic E-state index is 0.298. The fourth-order valence-corrected chi connectivity index (χ4v) is 2.26. The van der Waals surface area contributed by atoms with Crippen molar-refractivity contribution in [3.05, 3.63) is 35.5 Å². The van der Waals surface area contributed by atoms with Crippen molar-refractivity contribution in [2.24, 2.45) is 13.0 Å². The lowest BCUT2D eigenvalue weighted by atomic mass is 10.1. The summed E-state index contributed by atoms with van der Waals surface area (Å²) >= 11 is 0. The van der Waals surface area contributed by atoms with Gasteiger partial charge in [0.25, 0.3) is 0 Å². The van der Waals surface area contributed by atoms with Gasteiger partial charge < -0.3 is 4.57 Å². The summed E-state index contributed by atoms with van der Waals surface area (Å²) in [5.74, 6) is 0.626. The molecule has 0 bridgehead atoms. The molecule has 0 radical (unpaired) electrons. The summed E-state index contributed by atoms with van der Waals surface area (Å²) in [6.45, 7) is 2.08. The molecule has 16 heavy (non-hydrogen) atoms. The molecule has 1 aromatic carbocycles. The fraction of sp³-hybridized carbons (Fsp3) is 0.357. The highest BCUT2D eigenvalue weighted by Gasteiger charge is 2.31. The van der Waals surface area contributed by atoms with Crippen molar-refractivity contribution in [3.63, 3.8) is 0 Å². The van der Waals surface area contributed by atoms with Crippen LogP contribution in [-0.2, 0) is 7.05 Å². The summed E-state index contributed by atoms with van der Waals surface area (Å²) in [7, 11) is 2.01. The van der Waals surface area contributed by atoms with Crippen LogP contribution in [0.5, 0.6) is 0 Å². The molecule has 0 spiro atoms. The number of Topliss-reactive ketones (excluding diaryl/α,β-unsaturated/α-hetero) is 1. The average Bonchev–Trinajstić information content (AvgIpc) is 3.05. The van der Waals surface area contributed by atoms with Gasteiger partial charge in [0, 0.05) is 35.6 Å². The van der Waals surface area contributed by atoms with Crippen LogP contribution in [0.3, 0.4) is 0 Å². The molecule has 1 fully saturated rings. The zero-order valence-electron chi connectivity index (χ0n) is 9.66. The summed E-state index contributed by atoms with van der Waals surface area (Å²) in [4.78, 5) is 12.1. The lowest BCUT2D eigenvalue weighted by Gasteiger charge is -1.98. The first-order valence-corrected chi connectivity index (χ1v) is 5.77. The van der Waals surface area contributed by atoms with Gasteiger partial charge in [-0.1, -0.05) is 12.1 Å². The Labute approximate surface area is 94.9 Å². The number of carbonyl (C=O) groups is 1. The van der Waals surface area contributed by atoms with Crippen molar-refractivity contribution < 1.29 is 4.79 Å². The number of fused-ring (bicyclic) bond motifs is 1. The Bertz CT molecular complexity index is 576. The summed E-state index contributed by atoms with van der Waals surface area (Å²) in [6, 6.07) is 6.28. The van der Waals surface area contributed by atoms with Crippen LogP contribution in [0.15, 0.2) is 24.4 Å². The van der Waals surface area contributed by atoms with E-state index in [4.69, 9.17) is 0 Å². The van der Waals surface area contributed by atoms with Crippen LogP contribution in [0.2, 0.25) is 0 Å². The van der Waals surface area contributed by atoms with E-state index in [0.29, 0.717) is 11.7 Å². The molecular formula is C14H15NO. The highest BCUT2D eigenvalue weighted by molar-refractivity contribution is 6.10. The molecule has 2 heteroatoms. The van der Waals surface area contributed by atoms with Gasteiger partial charge >= 0.3 is 0 Å². The van der Waals surface area contributed by atoms with Crippen molar-refractivity contribution in [2.45, 2.75) is 19.8 Å². The lowest BCUT2D eigenvalue weighted by Crippen LogP contribution is -1.99. The van der Waals surface area contributed by atoms with Gasteiger partial charge in [-0.05, 0) is 31.4 Å². The van der Waals surface area contributed by atoms with Gasteiger partial charge in [-0.15, -0.1) is 0 Å². The zero-order chi connectivity index (χ0) is 11.3. The van der Waals surface area contributed by atoms with Gasteiger partial charge in [0.15, 0.2) is 5.78 Å². The molecule has 0 atom stereocenters. The Morgan fingerprint density at radius 2 is 2.12 bits per heavy atom. The monoisotopic (exact) mass is 213 g/mol. The van der Waals surface area contributed by atoms with E-state index in [2.05, 4.69) is 29.7 Å². The fourth-order valence-electron chi connectivity index (χ4n) is 2.26. The second-order valence-electron chi connectivity index (χ2n) is 4.81. The molecule has 2 aromatic rings. The second kappa shape index (κ2) is 3.21. The number of benzene rings is 1. The Kier molecular flexibility index (Phi) is 1.93. The molecule has 1 aromatic heterocycles. The van der Waals surface area contributed by atoms with E-state index in [9.17, 15) is 4.79 Å². The topological polar surface area (TPSA) is 22.0 Å². The molecule has 0 N–H and O–H groups in total. The predicted octanol–water partition coefficient (Wildman–Crippen LogP) is 3.08. The predicted molar refractivity (Wildman–Crippen MR) is 64.7 cm³/mol. The molecule has 2 nitrogen and oxygen atoms in total. The van der Waals surface area contributed by atoms with E-state index < -0.39 is 0 Å². The molecular weight excluding hydrogens is 198 g/mol. The molecule has 0 aliphatic heterocycles. The third kappa shape index (κ3) is 1.37. The number of aromatic nitrogens is 1. The van der Waals surface area contributed by atoms with E-state index in [1.165, 1.54) is 5.56 Å². The Morgan fingerprint density at radius 1 is 1.38 bits per heavy atom. The summed E-state index contributed by atoms with van der Waals surface area (Å²) in [6.07, 6.45) is 4.12. The van der Waals surface area contributed by atoms with Crippen LogP contribution < -0.4 is 0 Å². The quantitative estimate of drug-likeness (QED) is 0.703. The van der Waals surface area contributed by atoms with Crippen LogP contribution in [0.25, 0.3) is 10.9 Å². The molecule has 1 aliphatic rings. The Hall–Kier alpha value is -1.57. The zero-order valence-corrected chi connectivity index (χ0v) is 9.66. The number of hydrogen-bond donors (Lipinski definition) is 0. The number of hydrogen-bond acceptors (Lipinski definition) is 1. The smallest absolute Gasteiger partial charge is 0.168 e. The number of carbonyl (C=O) groups excluding carboxylic acids is 1. The maximum atomic E-state index is 12.1. The molecule has 0 amide bonds. The van der Waals surface area contributed by atoms with E-state index >= 15 is 0 Å². The van der Waals surface area contributed by atoms with Gasteiger partial charge in [-0.2, -0.15) is 0 Å². The van der Waals surface area contributed by atoms with E-state index in [1.807, 2.05) is 13.2 Å². The van der Waals surface area contributed by atoms with Gasteiger partial charge in [0.1, 0.15) is 0 Å². The van der Waals surface area contributed by atoms with Crippen LogP contribution in [-0.4, -0.2) is 10.4 Å². The van der Waals surface area contributed by atoms with Crippen LogP contribution in [0.1, 0.15) is 28.8 Å².